The molecule has 2 aromatic rings. The Hall–Kier alpha value is -2.96. The van der Waals surface area contributed by atoms with Gasteiger partial charge in [-0.05, 0) is 44.7 Å². The van der Waals surface area contributed by atoms with Gasteiger partial charge in [-0.3, -0.25) is 9.59 Å². The van der Waals surface area contributed by atoms with Gasteiger partial charge in [0.05, 0.1) is 12.2 Å². The van der Waals surface area contributed by atoms with Crippen molar-refractivity contribution in [2.24, 2.45) is 5.92 Å². The molecule has 1 aromatic heterocycles. The number of nitrogens with zero attached hydrogens (tertiary/aromatic N) is 5. The zero-order chi connectivity index (χ0) is 22.5. The van der Waals surface area contributed by atoms with E-state index in [0.717, 1.165) is 49.3 Å². The molecule has 32 heavy (non-hydrogen) atoms. The van der Waals surface area contributed by atoms with E-state index in [1.807, 2.05) is 54.3 Å². The third kappa shape index (κ3) is 5.26. The first-order chi connectivity index (χ1) is 15.6. The minimum atomic E-state index is 0.0478. The molecule has 0 bridgehead atoms. The molecule has 1 aliphatic carbocycles. The number of amides is 2. The van der Waals surface area contributed by atoms with Crippen LogP contribution in [0, 0.1) is 5.92 Å². The number of carbonyl (C=O) groups is 2. The molecule has 2 aliphatic rings. The summed E-state index contributed by atoms with van der Waals surface area (Å²) in [5.74, 6) is 1.17. The minimum Gasteiger partial charge on any atom is -0.353 e. The summed E-state index contributed by atoms with van der Waals surface area (Å²) >= 11 is 0. The van der Waals surface area contributed by atoms with Crippen molar-refractivity contribution in [1.82, 2.24) is 20.0 Å². The van der Waals surface area contributed by atoms with Crippen molar-refractivity contribution in [3.8, 4) is 11.3 Å². The molecule has 0 unspecified atom stereocenters. The van der Waals surface area contributed by atoms with Crippen molar-refractivity contribution >= 4 is 17.6 Å². The van der Waals surface area contributed by atoms with Crippen molar-refractivity contribution in [3.05, 3.63) is 42.5 Å². The van der Waals surface area contributed by atoms with Crippen LogP contribution in [0.5, 0.6) is 0 Å². The highest BCUT2D eigenvalue weighted by atomic mass is 16.2. The molecule has 7 heteroatoms. The third-order valence-electron chi connectivity index (χ3n) is 6.53. The van der Waals surface area contributed by atoms with E-state index < -0.39 is 0 Å². The van der Waals surface area contributed by atoms with Crippen LogP contribution in [0.15, 0.2) is 42.5 Å². The molecular weight excluding hydrogens is 402 g/mol. The maximum absolute atomic E-state index is 13.1. The third-order valence-corrected chi connectivity index (χ3v) is 6.53. The summed E-state index contributed by atoms with van der Waals surface area (Å²) < 4.78 is 0. The number of benzene rings is 1. The summed E-state index contributed by atoms with van der Waals surface area (Å²) in [6, 6.07) is 14.1. The summed E-state index contributed by atoms with van der Waals surface area (Å²) in [6.07, 6.45) is 3.65. The molecule has 2 amide bonds. The van der Waals surface area contributed by atoms with Gasteiger partial charge in [0.15, 0.2) is 5.82 Å². The normalized spacial score (nSPS) is 17.6. The Balaban J connectivity index is 1.36. The second-order valence-electron chi connectivity index (χ2n) is 8.86. The monoisotopic (exact) mass is 435 g/mol. The van der Waals surface area contributed by atoms with E-state index in [0.29, 0.717) is 19.6 Å². The smallest absolute Gasteiger partial charge is 0.242 e. The van der Waals surface area contributed by atoms with Crippen LogP contribution in [0.4, 0.5) is 5.82 Å². The van der Waals surface area contributed by atoms with Gasteiger partial charge in [-0.15, -0.1) is 10.2 Å². The molecule has 1 aromatic carbocycles. The van der Waals surface area contributed by atoms with E-state index in [1.165, 1.54) is 0 Å². The number of hydrogen-bond acceptors (Lipinski definition) is 5. The lowest BCUT2D eigenvalue weighted by Gasteiger charge is -2.31. The highest BCUT2D eigenvalue weighted by Crippen LogP contribution is 2.32. The summed E-state index contributed by atoms with van der Waals surface area (Å²) in [5, 5.41) is 8.84. The number of hydrogen-bond donors (Lipinski definition) is 0. The summed E-state index contributed by atoms with van der Waals surface area (Å²) in [5.41, 5.74) is 1.90. The topological polar surface area (TPSA) is 69.6 Å². The van der Waals surface area contributed by atoms with Gasteiger partial charge in [0.25, 0.3) is 0 Å². The van der Waals surface area contributed by atoms with Crippen LogP contribution in [-0.4, -0.2) is 70.6 Å². The Morgan fingerprint density at radius 2 is 1.81 bits per heavy atom. The number of carbonyl (C=O) groups excluding carboxylic acids is 2. The predicted octanol–water partition coefficient (Wildman–Crippen LogP) is 3.22. The molecule has 2 heterocycles. The first-order valence-corrected chi connectivity index (χ1v) is 11.8. The van der Waals surface area contributed by atoms with E-state index in [9.17, 15) is 9.59 Å². The van der Waals surface area contributed by atoms with Crippen LogP contribution in [0.25, 0.3) is 11.3 Å². The van der Waals surface area contributed by atoms with Crippen molar-refractivity contribution in [2.45, 2.75) is 45.6 Å². The van der Waals surface area contributed by atoms with E-state index >= 15 is 0 Å². The van der Waals surface area contributed by atoms with Crippen LogP contribution >= 0.6 is 0 Å². The SMILES string of the molecule is CC[C@@H](C)N(CC(=O)N1CCCN(c2ccc(-c3ccccc3)nn2)CC1)C(=O)C1CC1. The summed E-state index contributed by atoms with van der Waals surface area (Å²) in [7, 11) is 0. The van der Waals surface area contributed by atoms with Gasteiger partial charge < -0.3 is 14.7 Å². The van der Waals surface area contributed by atoms with E-state index in [4.69, 9.17) is 0 Å². The lowest BCUT2D eigenvalue weighted by atomic mass is 10.1. The molecule has 2 fully saturated rings. The molecule has 1 saturated carbocycles. The lowest BCUT2D eigenvalue weighted by Crippen LogP contribution is -2.47. The standard InChI is InChI=1S/C25H33N5O2/c1-3-19(2)30(25(32)21-10-11-21)18-24(31)29-15-7-14-28(16-17-29)23-13-12-22(26-27-23)20-8-5-4-6-9-20/h4-6,8-9,12-13,19,21H,3,7,10-11,14-18H2,1-2H3/t19-/m1/s1. The van der Waals surface area contributed by atoms with Gasteiger partial charge in [0, 0.05) is 43.7 Å². The van der Waals surface area contributed by atoms with Crippen LogP contribution in [0.1, 0.15) is 39.5 Å². The van der Waals surface area contributed by atoms with E-state index in [-0.39, 0.29) is 30.3 Å². The minimum absolute atomic E-state index is 0.0478. The molecule has 0 N–H and O–H groups in total. The predicted molar refractivity (Wildman–Crippen MR) is 125 cm³/mol. The molecule has 7 nitrogen and oxygen atoms in total. The van der Waals surface area contributed by atoms with Gasteiger partial charge in [-0.1, -0.05) is 37.3 Å². The van der Waals surface area contributed by atoms with Crippen LogP contribution in [-0.2, 0) is 9.59 Å². The number of anilines is 1. The first-order valence-electron chi connectivity index (χ1n) is 11.8. The van der Waals surface area contributed by atoms with Gasteiger partial charge in [0.2, 0.25) is 11.8 Å². The van der Waals surface area contributed by atoms with Crippen molar-refractivity contribution in [2.75, 3.05) is 37.6 Å². The fourth-order valence-electron chi connectivity index (χ4n) is 4.13. The molecule has 170 valence electrons. The van der Waals surface area contributed by atoms with Gasteiger partial charge in [-0.2, -0.15) is 0 Å². The van der Waals surface area contributed by atoms with Crippen molar-refractivity contribution in [1.29, 1.82) is 0 Å². The molecular formula is C25H33N5O2. The van der Waals surface area contributed by atoms with Crippen molar-refractivity contribution in [3.63, 3.8) is 0 Å². The molecule has 0 spiro atoms. The number of aromatic nitrogens is 2. The molecule has 0 radical (unpaired) electrons. The largest absolute Gasteiger partial charge is 0.353 e. The molecule has 1 saturated heterocycles. The molecule has 1 atom stereocenters. The zero-order valence-electron chi connectivity index (χ0n) is 19.1. The van der Waals surface area contributed by atoms with Crippen LogP contribution in [0.2, 0.25) is 0 Å². The quantitative estimate of drug-likeness (QED) is 0.668. The van der Waals surface area contributed by atoms with Crippen LogP contribution < -0.4 is 4.90 Å². The maximum atomic E-state index is 13.1. The second kappa shape index (κ2) is 10.1. The average molecular weight is 436 g/mol. The Morgan fingerprint density at radius 3 is 2.47 bits per heavy atom. The van der Waals surface area contributed by atoms with Crippen molar-refractivity contribution < 1.29 is 9.59 Å². The van der Waals surface area contributed by atoms with Gasteiger partial charge in [-0.25, -0.2) is 0 Å². The highest BCUT2D eigenvalue weighted by molar-refractivity contribution is 5.87. The average Bonchev–Trinajstić information content (AvgIpc) is 3.69. The molecule has 4 rings (SSSR count). The Labute approximate surface area is 190 Å². The second-order valence-corrected chi connectivity index (χ2v) is 8.86. The first kappa shape index (κ1) is 22.2. The Bertz CT molecular complexity index is 914. The van der Waals surface area contributed by atoms with Gasteiger partial charge >= 0.3 is 0 Å². The summed E-state index contributed by atoms with van der Waals surface area (Å²) in [6.45, 7) is 7.18. The zero-order valence-corrected chi connectivity index (χ0v) is 19.1. The maximum Gasteiger partial charge on any atom is 0.242 e. The highest BCUT2D eigenvalue weighted by Gasteiger charge is 2.36. The lowest BCUT2D eigenvalue weighted by molar-refractivity contribution is -0.143. The van der Waals surface area contributed by atoms with E-state index in [1.54, 1.807) is 4.90 Å². The number of rotatable bonds is 7. The van der Waals surface area contributed by atoms with E-state index in [2.05, 4.69) is 22.0 Å². The fourth-order valence-corrected chi connectivity index (χ4v) is 4.13. The molecule has 1 aliphatic heterocycles. The fraction of sp³-hybridized carbons (Fsp3) is 0.520. The Kier molecular flexibility index (Phi) is 7.02. The summed E-state index contributed by atoms with van der Waals surface area (Å²) in [4.78, 5) is 31.6. The Morgan fingerprint density at radius 1 is 1.03 bits per heavy atom. The van der Waals surface area contributed by atoms with Gasteiger partial charge in [0.1, 0.15) is 0 Å². The van der Waals surface area contributed by atoms with Crippen LogP contribution in [0.3, 0.4) is 0 Å².